The fourth-order valence-electron chi connectivity index (χ4n) is 9.03. The molecule has 0 bridgehead atoms. The lowest BCUT2D eigenvalue weighted by Crippen LogP contribution is -2.32. The molecule has 6 aromatic carbocycles. The molecule has 2 aromatic heterocycles. The van der Waals surface area contributed by atoms with Crippen LogP contribution in [0.1, 0.15) is 87.8 Å². The Labute approximate surface area is 435 Å². The highest BCUT2D eigenvalue weighted by atomic mass is 35.5. The van der Waals surface area contributed by atoms with Gasteiger partial charge in [-0.2, -0.15) is 0 Å². The SMILES string of the molecule is C.C=CC(=O)Cc1ccccc1C1CCCn2c1nc(-c1ccc(Oc3ccccc3)cc1)c2C(N)=O.C=CC(=O)Cl.NC(=O)c1c(-c2ccc(Oc3ccccc3)cc2)nc2n1NCCC2c1ccccc1N. The van der Waals surface area contributed by atoms with Crippen LogP contribution in [0.5, 0.6) is 23.0 Å². The van der Waals surface area contributed by atoms with E-state index in [1.807, 2.05) is 162 Å². The molecular weight excluding hydrogens is 952 g/mol. The molecule has 2 aliphatic heterocycles. The van der Waals surface area contributed by atoms with E-state index in [1.54, 1.807) is 4.68 Å². The Balaban J connectivity index is 0.000000197. The average Bonchev–Trinajstić information content (AvgIpc) is 4.01. The van der Waals surface area contributed by atoms with Gasteiger partial charge in [-0.15, -0.1) is 0 Å². The number of primary amides is 2. The minimum Gasteiger partial charge on any atom is -0.457 e. The molecule has 0 saturated carbocycles. The molecular formula is C59H57ClN8O6. The van der Waals surface area contributed by atoms with Crippen molar-refractivity contribution in [2.45, 2.75) is 51.5 Å². The second kappa shape index (κ2) is 24.4. The van der Waals surface area contributed by atoms with Gasteiger partial charge in [0.25, 0.3) is 11.8 Å². The molecule has 2 unspecified atom stereocenters. The number of anilines is 1. The number of nitrogens with one attached hydrogen (secondary N) is 1. The van der Waals surface area contributed by atoms with Crippen LogP contribution >= 0.6 is 11.6 Å². The molecule has 2 aliphatic rings. The molecule has 7 N–H and O–H groups in total. The van der Waals surface area contributed by atoms with E-state index in [0.29, 0.717) is 53.1 Å². The van der Waals surface area contributed by atoms with Gasteiger partial charge in [-0.05, 0) is 139 Å². The van der Waals surface area contributed by atoms with E-state index in [-0.39, 0.29) is 31.5 Å². The van der Waals surface area contributed by atoms with Crippen LogP contribution in [0.25, 0.3) is 22.5 Å². The van der Waals surface area contributed by atoms with Gasteiger partial charge in [0.15, 0.2) is 11.5 Å². The number of amides is 2. The summed E-state index contributed by atoms with van der Waals surface area (Å²) in [5, 5.41) is -0.509. The highest BCUT2D eigenvalue weighted by molar-refractivity contribution is 6.66. The summed E-state index contributed by atoms with van der Waals surface area (Å²) in [6.07, 6.45) is 5.25. The number of nitrogens with two attached hydrogens (primary N) is 3. The maximum atomic E-state index is 12.6. The number of nitrogen functional groups attached to an aromatic ring is 1. The maximum absolute atomic E-state index is 12.6. The zero-order valence-electron chi connectivity index (χ0n) is 39.8. The first-order valence-electron chi connectivity index (χ1n) is 23.6. The second-order valence-electron chi connectivity index (χ2n) is 17.1. The third kappa shape index (κ3) is 12.2. The number of rotatable bonds is 14. The van der Waals surface area contributed by atoms with Gasteiger partial charge in [0, 0.05) is 48.2 Å². The van der Waals surface area contributed by atoms with Crippen LogP contribution in [0.2, 0.25) is 0 Å². The predicted octanol–water partition coefficient (Wildman–Crippen LogP) is 11.3. The molecule has 0 spiro atoms. The summed E-state index contributed by atoms with van der Waals surface area (Å²) in [7, 11) is 0. The topological polar surface area (TPSA) is 212 Å². The van der Waals surface area contributed by atoms with E-state index in [9.17, 15) is 19.2 Å². The summed E-state index contributed by atoms with van der Waals surface area (Å²) in [4.78, 5) is 56.4. The highest BCUT2D eigenvalue weighted by Gasteiger charge is 2.33. The van der Waals surface area contributed by atoms with Gasteiger partial charge >= 0.3 is 0 Å². The largest absolute Gasteiger partial charge is 0.457 e. The van der Waals surface area contributed by atoms with E-state index in [1.165, 1.54) is 6.08 Å². The van der Waals surface area contributed by atoms with Crippen molar-refractivity contribution in [3.8, 4) is 45.5 Å². The van der Waals surface area contributed by atoms with Crippen LogP contribution in [0, 0.1) is 0 Å². The second-order valence-corrected chi connectivity index (χ2v) is 17.4. The Bertz CT molecular complexity index is 3280. The Morgan fingerprint density at radius 1 is 0.622 bits per heavy atom. The van der Waals surface area contributed by atoms with Gasteiger partial charge in [-0.3, -0.25) is 19.2 Å². The first-order chi connectivity index (χ1) is 35.4. The number of aromatic nitrogens is 4. The number of benzene rings is 6. The van der Waals surface area contributed by atoms with E-state index in [2.05, 4.69) is 18.6 Å². The Hall–Kier alpha value is -9.01. The van der Waals surface area contributed by atoms with Crippen molar-refractivity contribution in [1.29, 1.82) is 0 Å². The highest BCUT2D eigenvalue weighted by Crippen LogP contribution is 2.40. The van der Waals surface area contributed by atoms with Crippen LogP contribution in [0.3, 0.4) is 0 Å². The molecule has 2 atom stereocenters. The third-order valence-corrected chi connectivity index (χ3v) is 12.5. The molecule has 0 fully saturated rings. The van der Waals surface area contributed by atoms with Gasteiger partial charge in [0.05, 0.1) is 0 Å². The standard InChI is InChI=1S/C30H27N3O3.C25H23N5O2.C3H3ClO.CH4/c1-2-22(34)19-21-9-6-7-12-25(21)26-13-8-18-33-28(29(31)35)27(32-30(26)33)20-14-16-24(17-15-20)36-23-10-4-3-5-11-23;26-21-9-5-4-8-19(21)20-14-15-28-30-23(24(27)31)22(29-25(20)30)16-10-12-18(13-11-16)32-17-6-2-1-3-7-17;1-2-3(4)5;/h2-7,9-12,14-17,26H,1,8,13,18-19H2,(H2,31,35);1-13,20,28H,14-15,26H2,(H2,27,31);2H,1H2;1H4. The molecule has 10 rings (SSSR count). The van der Waals surface area contributed by atoms with Gasteiger partial charge in [-0.1, -0.05) is 99.4 Å². The number of para-hydroxylation sites is 3. The van der Waals surface area contributed by atoms with Crippen LogP contribution in [-0.4, -0.2) is 48.6 Å². The number of nitrogens with zero attached hydrogens (tertiary/aromatic N) is 4. The van der Waals surface area contributed by atoms with Crippen molar-refractivity contribution < 1.29 is 28.7 Å². The molecule has 0 radical (unpaired) electrons. The number of imidazole rings is 2. The summed E-state index contributed by atoms with van der Waals surface area (Å²) < 4.78 is 15.4. The molecule has 8 aromatic rings. The minimum absolute atomic E-state index is 0. The number of halogens is 1. The molecule has 2 amide bonds. The number of ketones is 1. The summed E-state index contributed by atoms with van der Waals surface area (Å²) in [6, 6.07) is 49.8. The van der Waals surface area contributed by atoms with Crippen LogP contribution in [0.4, 0.5) is 5.69 Å². The molecule has 0 saturated heterocycles. The number of hydrogen-bond acceptors (Lipinski definition) is 10. The van der Waals surface area contributed by atoms with Crippen molar-refractivity contribution in [2.75, 3.05) is 17.7 Å². The van der Waals surface area contributed by atoms with Crippen LogP contribution < -0.4 is 32.1 Å². The fourth-order valence-corrected chi connectivity index (χ4v) is 9.03. The van der Waals surface area contributed by atoms with Gasteiger partial charge in [0.2, 0.25) is 5.24 Å². The van der Waals surface area contributed by atoms with Crippen molar-refractivity contribution in [2.24, 2.45) is 11.5 Å². The van der Waals surface area contributed by atoms with Gasteiger partial charge in [0.1, 0.15) is 51.7 Å². The number of carbonyl (C=O) groups is 4. The average molecular weight is 1010 g/mol. The lowest BCUT2D eigenvalue weighted by Gasteiger charge is -2.26. The first-order valence-corrected chi connectivity index (χ1v) is 23.9. The Morgan fingerprint density at radius 2 is 1.09 bits per heavy atom. The molecule has 74 heavy (non-hydrogen) atoms. The van der Waals surface area contributed by atoms with Gasteiger partial charge in [-0.25, -0.2) is 14.6 Å². The van der Waals surface area contributed by atoms with Crippen LogP contribution in [-0.2, 0) is 22.6 Å². The predicted molar refractivity (Wildman–Crippen MR) is 291 cm³/mol. The Kier molecular flexibility index (Phi) is 17.4. The molecule has 4 heterocycles. The maximum Gasteiger partial charge on any atom is 0.269 e. The van der Waals surface area contributed by atoms with Crippen molar-refractivity contribution in [3.05, 3.63) is 223 Å². The van der Waals surface area contributed by atoms with Crippen molar-refractivity contribution >= 4 is 40.1 Å². The van der Waals surface area contributed by atoms with Crippen molar-refractivity contribution in [1.82, 2.24) is 19.2 Å². The zero-order chi connectivity index (χ0) is 51.4. The normalized spacial score (nSPS) is 14.0. The quantitative estimate of drug-likeness (QED) is 0.0459. The first kappa shape index (κ1) is 52.8. The minimum atomic E-state index is -0.544. The van der Waals surface area contributed by atoms with Crippen molar-refractivity contribution in [3.63, 3.8) is 0 Å². The fraction of sp³-hybridized carbons (Fsp3) is 0.153. The lowest BCUT2D eigenvalue weighted by atomic mass is 9.86. The molecule has 376 valence electrons. The lowest BCUT2D eigenvalue weighted by molar-refractivity contribution is -0.114. The number of allylic oxidation sites excluding steroid dienone is 2. The summed E-state index contributed by atoms with van der Waals surface area (Å²) in [6.45, 7) is 8.02. The summed E-state index contributed by atoms with van der Waals surface area (Å²) in [5.41, 5.74) is 28.3. The molecule has 0 aliphatic carbocycles. The smallest absolute Gasteiger partial charge is 0.269 e. The summed E-state index contributed by atoms with van der Waals surface area (Å²) >= 11 is 4.71. The van der Waals surface area contributed by atoms with E-state index >= 15 is 0 Å². The number of fused-ring (bicyclic) bond motifs is 2. The van der Waals surface area contributed by atoms with Gasteiger partial charge < -0.3 is 36.7 Å². The van der Waals surface area contributed by atoms with E-state index in [4.69, 9.17) is 48.2 Å². The number of carbonyl (C=O) groups excluding carboxylic acids is 4. The Morgan fingerprint density at radius 3 is 1.62 bits per heavy atom. The zero-order valence-corrected chi connectivity index (χ0v) is 40.6. The number of ether oxygens (including phenoxy) is 2. The van der Waals surface area contributed by atoms with E-state index in [0.717, 1.165) is 76.3 Å². The number of hydrogen-bond donors (Lipinski definition) is 4. The third-order valence-electron chi connectivity index (χ3n) is 12.3. The van der Waals surface area contributed by atoms with Crippen LogP contribution in [0.15, 0.2) is 183 Å². The monoisotopic (exact) mass is 1010 g/mol. The van der Waals surface area contributed by atoms with E-state index < -0.39 is 17.1 Å². The molecule has 14 nitrogen and oxygen atoms in total. The molecule has 15 heteroatoms. The summed E-state index contributed by atoms with van der Waals surface area (Å²) in [5.74, 6) is 3.24.